The number of rotatable bonds is 6. The van der Waals surface area contributed by atoms with Crippen LogP contribution < -0.4 is 20.4 Å². The number of nitrogens with zero attached hydrogens (tertiary/aromatic N) is 2. The summed E-state index contributed by atoms with van der Waals surface area (Å²) >= 11 is 0. The summed E-state index contributed by atoms with van der Waals surface area (Å²) in [6.07, 6.45) is 5.35. The van der Waals surface area contributed by atoms with Gasteiger partial charge in [-0.05, 0) is 44.2 Å². The van der Waals surface area contributed by atoms with Crippen LogP contribution in [0.1, 0.15) is 32.1 Å². The first kappa shape index (κ1) is 16.2. The van der Waals surface area contributed by atoms with Crippen LogP contribution in [0.2, 0.25) is 0 Å². The molecule has 0 aromatic heterocycles. The Morgan fingerprint density at radius 2 is 1.28 bits per heavy atom. The second kappa shape index (κ2) is 6.94. The molecule has 0 spiro atoms. The van der Waals surface area contributed by atoms with E-state index in [0.29, 0.717) is 25.2 Å². The Morgan fingerprint density at radius 3 is 1.68 bits per heavy atom. The smallest absolute Gasteiger partial charge is 0.239 e. The van der Waals surface area contributed by atoms with Gasteiger partial charge in [0.25, 0.3) is 0 Å². The van der Waals surface area contributed by atoms with E-state index in [2.05, 4.69) is 32.6 Å². The van der Waals surface area contributed by atoms with Crippen molar-refractivity contribution in [3.05, 3.63) is 24.3 Å². The minimum Gasteiger partial charge on any atom is -0.360 e. The molecule has 1 heterocycles. The quantitative estimate of drug-likeness (QED) is 0.817. The molecule has 0 saturated heterocycles. The predicted molar refractivity (Wildman–Crippen MR) is 97.8 cm³/mol. The van der Waals surface area contributed by atoms with Gasteiger partial charge in [0.15, 0.2) is 0 Å². The number of fused-ring (bicyclic) bond motifs is 1. The number of benzene rings is 1. The molecular weight excluding hydrogens is 316 g/mol. The van der Waals surface area contributed by atoms with Crippen LogP contribution in [-0.4, -0.2) is 50.1 Å². The lowest BCUT2D eigenvalue weighted by Crippen LogP contribution is -2.38. The van der Waals surface area contributed by atoms with E-state index in [0.717, 1.165) is 56.6 Å². The van der Waals surface area contributed by atoms with Gasteiger partial charge in [-0.3, -0.25) is 9.59 Å². The molecule has 25 heavy (non-hydrogen) atoms. The molecule has 6 nitrogen and oxygen atoms in total. The molecule has 1 aromatic rings. The van der Waals surface area contributed by atoms with E-state index in [1.54, 1.807) is 0 Å². The second-order valence-corrected chi connectivity index (χ2v) is 7.37. The number of nitrogens with one attached hydrogen (secondary N) is 2. The fourth-order valence-corrected chi connectivity index (χ4v) is 3.37. The molecule has 134 valence electrons. The number of hydrogen-bond acceptors (Lipinski definition) is 4. The molecule has 2 fully saturated rings. The molecule has 2 aliphatic carbocycles. The minimum absolute atomic E-state index is 0.0947. The molecule has 0 radical (unpaired) electrons. The summed E-state index contributed by atoms with van der Waals surface area (Å²) in [6.45, 7) is 2.43. The number of carbonyl (C=O) groups excluding carboxylic acids is 2. The molecule has 1 aromatic carbocycles. The van der Waals surface area contributed by atoms with Crippen molar-refractivity contribution >= 4 is 23.2 Å². The normalized spacial score (nSPS) is 19.8. The average molecular weight is 342 g/mol. The Hall–Kier alpha value is -2.24. The Bertz CT molecular complexity index is 600. The van der Waals surface area contributed by atoms with Crippen molar-refractivity contribution in [2.24, 2.45) is 0 Å². The monoisotopic (exact) mass is 342 g/mol. The van der Waals surface area contributed by atoms with E-state index in [-0.39, 0.29) is 11.8 Å². The lowest BCUT2D eigenvalue weighted by atomic mass is 10.2. The number of amides is 2. The Morgan fingerprint density at radius 1 is 0.840 bits per heavy atom. The Kier molecular flexibility index (Phi) is 4.51. The highest BCUT2D eigenvalue weighted by molar-refractivity contribution is 5.87. The van der Waals surface area contributed by atoms with Gasteiger partial charge in [0, 0.05) is 25.2 Å². The van der Waals surface area contributed by atoms with Crippen molar-refractivity contribution in [3.8, 4) is 0 Å². The molecular formula is C19H26N4O2. The topological polar surface area (TPSA) is 64.7 Å². The maximum atomic E-state index is 12.2. The fourth-order valence-electron chi connectivity index (χ4n) is 3.37. The Balaban J connectivity index is 1.46. The fraction of sp³-hybridized carbons (Fsp3) is 0.579. The zero-order valence-corrected chi connectivity index (χ0v) is 14.5. The van der Waals surface area contributed by atoms with Gasteiger partial charge >= 0.3 is 0 Å². The van der Waals surface area contributed by atoms with Crippen molar-refractivity contribution in [1.82, 2.24) is 10.6 Å². The largest absolute Gasteiger partial charge is 0.360 e. The third-order valence-corrected chi connectivity index (χ3v) is 4.97. The van der Waals surface area contributed by atoms with Gasteiger partial charge in [0.05, 0.1) is 24.5 Å². The summed E-state index contributed by atoms with van der Waals surface area (Å²) in [5.41, 5.74) is 2.09. The van der Waals surface area contributed by atoms with Crippen LogP contribution in [0, 0.1) is 0 Å². The van der Waals surface area contributed by atoms with E-state index >= 15 is 0 Å². The maximum Gasteiger partial charge on any atom is 0.239 e. The van der Waals surface area contributed by atoms with Gasteiger partial charge in [0.2, 0.25) is 11.8 Å². The molecule has 2 saturated carbocycles. The molecule has 0 bridgehead atoms. The first-order chi connectivity index (χ1) is 12.2. The van der Waals surface area contributed by atoms with Crippen molar-refractivity contribution in [1.29, 1.82) is 0 Å². The third-order valence-electron chi connectivity index (χ3n) is 4.97. The van der Waals surface area contributed by atoms with E-state index in [1.807, 2.05) is 12.1 Å². The zero-order chi connectivity index (χ0) is 17.2. The number of anilines is 2. The van der Waals surface area contributed by atoms with Crippen molar-refractivity contribution in [2.75, 3.05) is 36.0 Å². The van der Waals surface area contributed by atoms with E-state index in [1.165, 1.54) is 0 Å². The number of carbonyl (C=O) groups is 2. The highest BCUT2D eigenvalue weighted by Gasteiger charge is 2.28. The average Bonchev–Trinajstić information content (AvgIpc) is 3.48. The van der Waals surface area contributed by atoms with E-state index in [4.69, 9.17) is 0 Å². The lowest BCUT2D eigenvalue weighted by molar-refractivity contribution is -0.120. The summed E-state index contributed by atoms with van der Waals surface area (Å²) in [7, 11) is 0. The van der Waals surface area contributed by atoms with E-state index in [9.17, 15) is 9.59 Å². The van der Waals surface area contributed by atoms with Crippen LogP contribution in [0.4, 0.5) is 11.4 Å². The second-order valence-electron chi connectivity index (χ2n) is 7.37. The number of para-hydroxylation sites is 2. The summed E-state index contributed by atoms with van der Waals surface area (Å²) in [4.78, 5) is 28.8. The van der Waals surface area contributed by atoms with Crippen molar-refractivity contribution in [2.45, 2.75) is 44.2 Å². The van der Waals surface area contributed by atoms with Gasteiger partial charge < -0.3 is 20.4 Å². The molecule has 0 unspecified atom stereocenters. The molecule has 0 atom stereocenters. The molecule has 1 aliphatic heterocycles. The minimum atomic E-state index is 0.0947. The molecule has 3 aliphatic rings. The lowest BCUT2D eigenvalue weighted by Gasteiger charge is -2.27. The maximum absolute atomic E-state index is 12.2. The van der Waals surface area contributed by atoms with Crippen LogP contribution in [0.3, 0.4) is 0 Å². The first-order valence-corrected chi connectivity index (χ1v) is 9.37. The van der Waals surface area contributed by atoms with Crippen LogP contribution >= 0.6 is 0 Å². The van der Waals surface area contributed by atoms with E-state index < -0.39 is 0 Å². The third kappa shape index (κ3) is 4.24. The summed E-state index contributed by atoms with van der Waals surface area (Å²) in [6, 6.07) is 8.87. The van der Waals surface area contributed by atoms with Crippen LogP contribution in [0.25, 0.3) is 0 Å². The van der Waals surface area contributed by atoms with Crippen LogP contribution in [0.15, 0.2) is 24.3 Å². The first-order valence-electron chi connectivity index (χ1n) is 9.37. The van der Waals surface area contributed by atoms with Crippen molar-refractivity contribution < 1.29 is 9.59 Å². The Labute approximate surface area is 148 Å². The standard InChI is InChI=1S/C19H26N4O2/c24-18(20-14-6-7-14)12-22-10-3-11-23(13-19(25)21-15-8-9-15)17-5-2-1-4-16(17)22/h1-2,4-5,14-15H,3,6-13H2,(H,20,24)(H,21,25). The summed E-state index contributed by atoms with van der Waals surface area (Å²) in [5.74, 6) is 0.189. The summed E-state index contributed by atoms with van der Waals surface area (Å²) < 4.78 is 0. The zero-order valence-electron chi connectivity index (χ0n) is 14.5. The predicted octanol–water partition coefficient (Wildman–Crippen LogP) is 1.26. The van der Waals surface area contributed by atoms with Gasteiger partial charge in [-0.15, -0.1) is 0 Å². The number of hydrogen-bond donors (Lipinski definition) is 2. The highest BCUT2D eigenvalue weighted by Crippen LogP contribution is 2.32. The van der Waals surface area contributed by atoms with Crippen LogP contribution in [-0.2, 0) is 9.59 Å². The molecule has 2 N–H and O–H groups in total. The van der Waals surface area contributed by atoms with Gasteiger partial charge in [-0.25, -0.2) is 0 Å². The van der Waals surface area contributed by atoms with Crippen molar-refractivity contribution in [3.63, 3.8) is 0 Å². The van der Waals surface area contributed by atoms with Gasteiger partial charge in [0.1, 0.15) is 0 Å². The van der Waals surface area contributed by atoms with Gasteiger partial charge in [-0.1, -0.05) is 12.1 Å². The molecule has 4 rings (SSSR count). The SMILES string of the molecule is O=C(CN1CCCN(CC(=O)NC2CC2)c2ccccc21)NC1CC1. The summed E-state index contributed by atoms with van der Waals surface area (Å²) in [5, 5.41) is 6.13. The van der Waals surface area contributed by atoms with Gasteiger partial charge in [-0.2, -0.15) is 0 Å². The molecule has 6 heteroatoms. The van der Waals surface area contributed by atoms with Crippen LogP contribution in [0.5, 0.6) is 0 Å². The molecule has 2 amide bonds. The highest BCUT2D eigenvalue weighted by atomic mass is 16.2.